The molecule has 0 aliphatic rings. The zero-order valence-corrected chi connectivity index (χ0v) is 12.5. The Morgan fingerprint density at radius 2 is 2.15 bits per heavy atom. The zero-order chi connectivity index (χ0) is 14.7. The van der Waals surface area contributed by atoms with Crippen LogP contribution in [0.3, 0.4) is 0 Å². The molecule has 1 unspecified atom stereocenters. The van der Waals surface area contributed by atoms with Crippen LogP contribution in [0.1, 0.15) is 28.4 Å². The van der Waals surface area contributed by atoms with Gasteiger partial charge in [-0.05, 0) is 31.9 Å². The van der Waals surface area contributed by atoms with Crippen molar-refractivity contribution < 1.29 is 4.74 Å². The van der Waals surface area contributed by atoms with E-state index < -0.39 is 0 Å². The molecule has 3 N–H and O–H groups in total. The number of benzene rings is 1. The molecule has 5 heteroatoms. The molecular weight excluding hydrogens is 252 g/mol. The summed E-state index contributed by atoms with van der Waals surface area (Å²) in [5.41, 5.74) is 7.33. The maximum atomic E-state index is 5.73. The van der Waals surface area contributed by atoms with E-state index in [2.05, 4.69) is 23.5 Å². The molecule has 0 spiro atoms. The smallest absolute Gasteiger partial charge is 0.122 e. The highest BCUT2D eigenvalue weighted by molar-refractivity contribution is 5.38. The SMILES string of the molecule is COc1ccc(C)cc1CC(NN)c1cn(C)nc1C. The highest BCUT2D eigenvalue weighted by atomic mass is 16.5. The minimum Gasteiger partial charge on any atom is -0.496 e. The molecule has 108 valence electrons. The van der Waals surface area contributed by atoms with Gasteiger partial charge in [-0.3, -0.25) is 16.0 Å². The van der Waals surface area contributed by atoms with Crippen LogP contribution in [-0.4, -0.2) is 16.9 Å². The van der Waals surface area contributed by atoms with Crippen LogP contribution in [0.5, 0.6) is 5.75 Å². The van der Waals surface area contributed by atoms with Gasteiger partial charge in [0.2, 0.25) is 0 Å². The monoisotopic (exact) mass is 274 g/mol. The van der Waals surface area contributed by atoms with Crippen LogP contribution in [-0.2, 0) is 13.5 Å². The van der Waals surface area contributed by atoms with Crippen LogP contribution < -0.4 is 16.0 Å². The van der Waals surface area contributed by atoms with E-state index in [-0.39, 0.29) is 6.04 Å². The number of aromatic nitrogens is 2. The molecule has 1 atom stereocenters. The molecule has 1 aromatic heterocycles. The third-order valence-corrected chi connectivity index (χ3v) is 3.49. The normalized spacial score (nSPS) is 12.4. The van der Waals surface area contributed by atoms with Crippen molar-refractivity contribution in [2.45, 2.75) is 26.3 Å². The van der Waals surface area contributed by atoms with Gasteiger partial charge in [0.05, 0.1) is 18.8 Å². The van der Waals surface area contributed by atoms with Gasteiger partial charge in [-0.2, -0.15) is 5.10 Å². The van der Waals surface area contributed by atoms with Gasteiger partial charge >= 0.3 is 0 Å². The summed E-state index contributed by atoms with van der Waals surface area (Å²) in [5, 5.41) is 4.37. The number of hydrogen-bond acceptors (Lipinski definition) is 4. The average Bonchev–Trinajstić information content (AvgIpc) is 2.75. The molecule has 0 bridgehead atoms. The highest BCUT2D eigenvalue weighted by Gasteiger charge is 2.17. The number of rotatable bonds is 5. The number of ether oxygens (including phenoxy) is 1. The van der Waals surface area contributed by atoms with E-state index in [0.717, 1.165) is 29.0 Å². The van der Waals surface area contributed by atoms with Crippen LogP contribution in [0.4, 0.5) is 0 Å². The molecule has 2 aromatic rings. The molecular formula is C15H22N4O. The van der Waals surface area contributed by atoms with Gasteiger partial charge in [-0.1, -0.05) is 17.7 Å². The molecule has 0 saturated heterocycles. The van der Waals surface area contributed by atoms with Gasteiger partial charge in [-0.15, -0.1) is 0 Å². The lowest BCUT2D eigenvalue weighted by molar-refractivity contribution is 0.405. The van der Waals surface area contributed by atoms with E-state index in [1.54, 1.807) is 7.11 Å². The molecule has 1 heterocycles. The van der Waals surface area contributed by atoms with Crippen molar-refractivity contribution in [3.63, 3.8) is 0 Å². The molecule has 0 fully saturated rings. The Bertz CT molecular complexity index is 592. The summed E-state index contributed by atoms with van der Waals surface area (Å²) >= 11 is 0. The molecule has 2 rings (SSSR count). The number of nitrogens with zero attached hydrogens (tertiary/aromatic N) is 2. The predicted molar refractivity (Wildman–Crippen MR) is 79.4 cm³/mol. The minimum atomic E-state index is 0.0133. The largest absolute Gasteiger partial charge is 0.496 e. The lowest BCUT2D eigenvalue weighted by Crippen LogP contribution is -2.30. The maximum Gasteiger partial charge on any atom is 0.122 e. The number of methoxy groups -OCH3 is 1. The van der Waals surface area contributed by atoms with Crippen LogP contribution in [0, 0.1) is 13.8 Å². The fourth-order valence-corrected chi connectivity index (χ4v) is 2.51. The second kappa shape index (κ2) is 6.07. The fourth-order valence-electron chi connectivity index (χ4n) is 2.51. The van der Waals surface area contributed by atoms with E-state index >= 15 is 0 Å². The summed E-state index contributed by atoms with van der Waals surface area (Å²) in [5.74, 6) is 6.62. The van der Waals surface area contributed by atoms with Crippen LogP contribution in [0.15, 0.2) is 24.4 Å². The summed E-state index contributed by atoms with van der Waals surface area (Å²) in [7, 11) is 3.60. The van der Waals surface area contributed by atoms with E-state index in [0.29, 0.717) is 0 Å². The van der Waals surface area contributed by atoms with Gasteiger partial charge in [0.15, 0.2) is 0 Å². The number of aryl methyl sites for hydroxylation is 3. The standard InChI is InChI=1S/C15H22N4O/c1-10-5-6-15(20-4)12(7-10)8-14(17-16)13-9-19(3)18-11(13)2/h5-7,9,14,17H,8,16H2,1-4H3. The molecule has 1 aromatic carbocycles. The minimum absolute atomic E-state index is 0.0133. The second-order valence-electron chi connectivity index (χ2n) is 5.08. The summed E-state index contributed by atoms with van der Waals surface area (Å²) in [6, 6.07) is 6.19. The molecule has 0 aliphatic heterocycles. The second-order valence-corrected chi connectivity index (χ2v) is 5.08. The Hall–Kier alpha value is -1.85. The third kappa shape index (κ3) is 3.00. The van der Waals surface area contributed by atoms with Crippen LogP contribution in [0.2, 0.25) is 0 Å². The van der Waals surface area contributed by atoms with Gasteiger partial charge in [0, 0.05) is 18.8 Å². The van der Waals surface area contributed by atoms with Gasteiger partial charge < -0.3 is 4.74 Å². The number of nitrogens with one attached hydrogen (secondary N) is 1. The maximum absolute atomic E-state index is 5.73. The summed E-state index contributed by atoms with van der Waals surface area (Å²) in [4.78, 5) is 0. The first-order valence-electron chi connectivity index (χ1n) is 6.65. The number of hydrogen-bond donors (Lipinski definition) is 2. The van der Waals surface area contributed by atoms with E-state index in [4.69, 9.17) is 10.6 Å². The van der Waals surface area contributed by atoms with Crippen LogP contribution in [0.25, 0.3) is 0 Å². The molecule has 20 heavy (non-hydrogen) atoms. The Morgan fingerprint density at radius 1 is 1.40 bits per heavy atom. The van der Waals surface area contributed by atoms with E-state index in [1.807, 2.05) is 37.0 Å². The first-order chi connectivity index (χ1) is 9.55. The highest BCUT2D eigenvalue weighted by Crippen LogP contribution is 2.26. The van der Waals surface area contributed by atoms with Crippen LogP contribution >= 0.6 is 0 Å². The van der Waals surface area contributed by atoms with Gasteiger partial charge in [0.25, 0.3) is 0 Å². The lowest BCUT2D eigenvalue weighted by atomic mass is 9.98. The van der Waals surface area contributed by atoms with Gasteiger partial charge in [-0.25, -0.2) is 0 Å². The van der Waals surface area contributed by atoms with Gasteiger partial charge in [0.1, 0.15) is 5.75 Å². The van der Waals surface area contributed by atoms with Crippen molar-refractivity contribution >= 4 is 0 Å². The van der Waals surface area contributed by atoms with E-state index in [9.17, 15) is 0 Å². The van der Waals surface area contributed by atoms with Crippen molar-refractivity contribution in [2.24, 2.45) is 12.9 Å². The number of nitrogens with two attached hydrogens (primary N) is 1. The van der Waals surface area contributed by atoms with Crippen molar-refractivity contribution in [1.29, 1.82) is 0 Å². The Labute approximate surface area is 119 Å². The van der Waals surface area contributed by atoms with E-state index in [1.165, 1.54) is 5.56 Å². The molecule has 5 nitrogen and oxygen atoms in total. The molecule has 0 aliphatic carbocycles. The van der Waals surface area contributed by atoms with Crippen molar-refractivity contribution in [1.82, 2.24) is 15.2 Å². The third-order valence-electron chi connectivity index (χ3n) is 3.49. The Kier molecular flexibility index (Phi) is 4.42. The number of hydrazine groups is 1. The topological polar surface area (TPSA) is 65.1 Å². The zero-order valence-electron chi connectivity index (χ0n) is 12.5. The van der Waals surface area contributed by atoms with Crippen molar-refractivity contribution in [3.05, 3.63) is 46.8 Å². The molecule has 0 amide bonds. The quantitative estimate of drug-likeness (QED) is 0.644. The average molecular weight is 274 g/mol. The molecule has 0 saturated carbocycles. The molecule has 0 radical (unpaired) electrons. The first-order valence-corrected chi connectivity index (χ1v) is 6.65. The summed E-state index contributed by atoms with van der Waals surface area (Å²) in [6.45, 7) is 4.07. The fraction of sp³-hybridized carbons (Fsp3) is 0.400. The van der Waals surface area contributed by atoms with Crippen molar-refractivity contribution in [3.8, 4) is 5.75 Å². The van der Waals surface area contributed by atoms with Crippen molar-refractivity contribution in [2.75, 3.05) is 7.11 Å². The lowest BCUT2D eigenvalue weighted by Gasteiger charge is -2.17. The predicted octanol–water partition coefficient (Wildman–Crippen LogP) is 1.79. The summed E-state index contributed by atoms with van der Waals surface area (Å²) in [6.07, 6.45) is 2.76. The summed E-state index contributed by atoms with van der Waals surface area (Å²) < 4.78 is 7.24. The Balaban J connectivity index is 2.31. The Morgan fingerprint density at radius 3 is 2.70 bits per heavy atom. The first kappa shape index (κ1) is 14.6.